The summed E-state index contributed by atoms with van der Waals surface area (Å²) in [6, 6.07) is 16.8. The first kappa shape index (κ1) is 16.7. The Kier molecular flexibility index (Phi) is 4.37. The van der Waals surface area contributed by atoms with Gasteiger partial charge in [-0.05, 0) is 37.0 Å². The van der Waals surface area contributed by atoms with Crippen LogP contribution in [-0.4, -0.2) is 24.3 Å². The van der Waals surface area contributed by atoms with Crippen molar-refractivity contribution in [3.8, 4) is 5.82 Å². The summed E-state index contributed by atoms with van der Waals surface area (Å²) in [4.78, 5) is 8.84. The molecule has 0 fully saturated rings. The highest BCUT2D eigenvalue weighted by atomic mass is 15.3. The van der Waals surface area contributed by atoms with Crippen LogP contribution < -0.4 is 5.32 Å². The molecule has 0 radical (unpaired) electrons. The molecule has 140 valence electrons. The Morgan fingerprint density at radius 2 is 2.00 bits per heavy atom. The van der Waals surface area contributed by atoms with Crippen LogP contribution >= 0.6 is 0 Å². The van der Waals surface area contributed by atoms with Crippen molar-refractivity contribution in [2.75, 3.05) is 5.32 Å². The highest BCUT2D eigenvalue weighted by Gasteiger charge is 2.24. The molecule has 0 saturated heterocycles. The number of fused-ring (bicyclic) bond motifs is 1. The summed E-state index contributed by atoms with van der Waals surface area (Å²) in [5.41, 5.74) is 3.90. The van der Waals surface area contributed by atoms with Crippen LogP contribution in [0.1, 0.15) is 35.7 Å². The number of nitrogens with one attached hydrogen (secondary N) is 1. The number of imidazole rings is 1. The number of hydrogen-bond donors (Lipinski definition) is 1. The first-order chi connectivity index (χ1) is 13.9. The molecule has 0 bridgehead atoms. The van der Waals surface area contributed by atoms with Gasteiger partial charge in [0.1, 0.15) is 18.0 Å². The zero-order chi connectivity index (χ0) is 18.8. The van der Waals surface area contributed by atoms with Crippen LogP contribution in [0.4, 0.5) is 5.82 Å². The fraction of sp³-hybridized carbons (Fsp3) is 0.227. The summed E-state index contributed by atoms with van der Waals surface area (Å²) in [7, 11) is 0. The predicted octanol–water partition coefficient (Wildman–Crippen LogP) is 4.00. The normalized spacial score (nSPS) is 15.9. The quantitative estimate of drug-likeness (QED) is 0.577. The summed E-state index contributed by atoms with van der Waals surface area (Å²) < 4.78 is 4.06. The van der Waals surface area contributed by atoms with Crippen molar-refractivity contribution in [3.05, 3.63) is 90.3 Å². The van der Waals surface area contributed by atoms with Crippen molar-refractivity contribution >= 4 is 5.82 Å². The number of aromatic nitrogens is 5. The van der Waals surface area contributed by atoms with E-state index in [4.69, 9.17) is 4.98 Å². The van der Waals surface area contributed by atoms with Crippen LogP contribution in [0, 0.1) is 0 Å². The van der Waals surface area contributed by atoms with E-state index in [-0.39, 0.29) is 6.04 Å². The topological polar surface area (TPSA) is 60.6 Å². The first-order valence-corrected chi connectivity index (χ1v) is 9.67. The van der Waals surface area contributed by atoms with E-state index >= 15 is 0 Å². The van der Waals surface area contributed by atoms with E-state index < -0.39 is 0 Å². The second kappa shape index (κ2) is 7.31. The monoisotopic (exact) mass is 370 g/mol. The number of anilines is 1. The molecule has 1 atom stereocenters. The summed E-state index contributed by atoms with van der Waals surface area (Å²) in [6.07, 6.45) is 10.7. The van der Waals surface area contributed by atoms with Gasteiger partial charge in [-0.3, -0.25) is 9.25 Å². The summed E-state index contributed by atoms with van der Waals surface area (Å²) in [5, 5.41) is 8.31. The van der Waals surface area contributed by atoms with Gasteiger partial charge < -0.3 is 5.32 Å². The molecule has 6 heteroatoms. The van der Waals surface area contributed by atoms with Crippen molar-refractivity contribution in [3.63, 3.8) is 0 Å². The van der Waals surface area contributed by atoms with Crippen LogP contribution in [0.15, 0.2) is 73.4 Å². The first-order valence-electron chi connectivity index (χ1n) is 9.67. The average molecular weight is 370 g/mol. The molecule has 1 unspecified atom stereocenters. The molecule has 1 aliphatic rings. The third-order valence-corrected chi connectivity index (χ3v) is 5.26. The number of pyridine rings is 1. The Balaban J connectivity index is 1.38. The third-order valence-electron chi connectivity index (χ3n) is 5.26. The highest BCUT2D eigenvalue weighted by Crippen LogP contribution is 2.32. The molecule has 4 aromatic rings. The van der Waals surface area contributed by atoms with E-state index in [1.165, 1.54) is 16.8 Å². The highest BCUT2D eigenvalue weighted by molar-refractivity contribution is 5.43. The zero-order valence-electron chi connectivity index (χ0n) is 15.6. The van der Waals surface area contributed by atoms with Gasteiger partial charge >= 0.3 is 0 Å². The lowest BCUT2D eigenvalue weighted by Gasteiger charge is -2.25. The van der Waals surface area contributed by atoms with Crippen molar-refractivity contribution in [2.45, 2.75) is 31.8 Å². The second-order valence-corrected chi connectivity index (χ2v) is 7.13. The lowest BCUT2D eigenvalue weighted by molar-refractivity contribution is 0.555. The van der Waals surface area contributed by atoms with E-state index in [1.807, 2.05) is 41.2 Å². The van der Waals surface area contributed by atoms with Crippen molar-refractivity contribution < 1.29 is 0 Å². The molecule has 1 N–H and O–H groups in total. The maximum Gasteiger partial charge on any atom is 0.140 e. The minimum Gasteiger partial charge on any atom is -0.363 e. The Labute approximate surface area is 163 Å². The van der Waals surface area contributed by atoms with Gasteiger partial charge in [0, 0.05) is 23.7 Å². The largest absolute Gasteiger partial charge is 0.363 e. The van der Waals surface area contributed by atoms with Crippen LogP contribution in [0.2, 0.25) is 0 Å². The molecule has 0 spiro atoms. The van der Waals surface area contributed by atoms with Gasteiger partial charge in [-0.2, -0.15) is 5.10 Å². The van der Waals surface area contributed by atoms with E-state index in [0.717, 1.165) is 37.4 Å². The molecule has 5 rings (SSSR count). The maximum atomic E-state index is 4.74. The Hall–Kier alpha value is -3.41. The predicted molar refractivity (Wildman–Crippen MR) is 108 cm³/mol. The number of rotatable bonds is 5. The van der Waals surface area contributed by atoms with E-state index in [1.54, 1.807) is 12.5 Å². The molecule has 0 amide bonds. The molecule has 3 aromatic heterocycles. The lowest BCUT2D eigenvalue weighted by atomic mass is 9.93. The van der Waals surface area contributed by atoms with Gasteiger partial charge in [-0.15, -0.1) is 0 Å². The molecular weight excluding hydrogens is 348 g/mol. The second-order valence-electron chi connectivity index (χ2n) is 7.13. The van der Waals surface area contributed by atoms with Gasteiger partial charge in [-0.1, -0.05) is 36.4 Å². The van der Waals surface area contributed by atoms with Gasteiger partial charge in [-0.25, -0.2) is 9.97 Å². The van der Waals surface area contributed by atoms with Gasteiger partial charge in [0.05, 0.1) is 18.8 Å². The minimum atomic E-state index is 0.235. The summed E-state index contributed by atoms with van der Waals surface area (Å²) in [5.74, 6) is 1.73. The average Bonchev–Trinajstić information content (AvgIpc) is 3.40. The molecule has 0 aliphatic heterocycles. The number of benzene rings is 1. The summed E-state index contributed by atoms with van der Waals surface area (Å²) in [6.45, 7) is 0.817. The van der Waals surface area contributed by atoms with Crippen molar-refractivity contribution in [2.24, 2.45) is 0 Å². The maximum absolute atomic E-state index is 4.74. The van der Waals surface area contributed by atoms with Gasteiger partial charge in [0.25, 0.3) is 0 Å². The molecular formula is C22H22N6. The molecule has 0 saturated carbocycles. The zero-order valence-corrected chi connectivity index (χ0v) is 15.6. The van der Waals surface area contributed by atoms with Crippen LogP contribution in [0.5, 0.6) is 0 Å². The standard InChI is InChI=1S/C22H22N6/c1-2-6-17(7-3-1)15-28-20-9-4-8-19(18(20)14-24-28)25-21-10-5-11-22(26-21)27-13-12-23-16-27/h1-3,5-7,10-14,16,19H,4,8-9,15H2,(H,25,26). The Morgan fingerprint density at radius 3 is 2.86 bits per heavy atom. The van der Waals surface area contributed by atoms with Crippen LogP contribution in [-0.2, 0) is 13.0 Å². The van der Waals surface area contributed by atoms with Gasteiger partial charge in [0.15, 0.2) is 0 Å². The molecule has 6 nitrogen and oxygen atoms in total. The summed E-state index contributed by atoms with van der Waals surface area (Å²) >= 11 is 0. The fourth-order valence-electron chi connectivity index (χ4n) is 3.88. The van der Waals surface area contributed by atoms with Crippen LogP contribution in [0.3, 0.4) is 0 Å². The van der Waals surface area contributed by atoms with Crippen molar-refractivity contribution in [1.82, 2.24) is 24.3 Å². The molecule has 1 aromatic carbocycles. The molecule has 28 heavy (non-hydrogen) atoms. The molecule has 3 heterocycles. The van der Waals surface area contributed by atoms with Crippen molar-refractivity contribution in [1.29, 1.82) is 0 Å². The number of nitrogens with zero attached hydrogens (tertiary/aromatic N) is 5. The lowest BCUT2D eigenvalue weighted by Crippen LogP contribution is -2.19. The van der Waals surface area contributed by atoms with E-state index in [2.05, 4.69) is 44.3 Å². The third kappa shape index (κ3) is 3.29. The van der Waals surface area contributed by atoms with E-state index in [9.17, 15) is 0 Å². The molecule has 1 aliphatic carbocycles. The fourth-order valence-corrected chi connectivity index (χ4v) is 3.88. The number of hydrogen-bond acceptors (Lipinski definition) is 4. The van der Waals surface area contributed by atoms with Gasteiger partial charge in [0.2, 0.25) is 0 Å². The Bertz CT molecular complexity index is 1050. The smallest absolute Gasteiger partial charge is 0.140 e. The van der Waals surface area contributed by atoms with Crippen LogP contribution in [0.25, 0.3) is 5.82 Å². The SMILES string of the molecule is c1ccc(Cn2ncc3c2CCCC3Nc2cccc(-n3ccnc3)n2)cc1. The van der Waals surface area contributed by atoms with E-state index in [0.29, 0.717) is 0 Å². The minimum absolute atomic E-state index is 0.235. The Morgan fingerprint density at radius 1 is 1.07 bits per heavy atom.